The van der Waals surface area contributed by atoms with Crippen LogP contribution in [0, 0.1) is 6.92 Å². The number of anilines is 1. The number of hydrogen-bond acceptors (Lipinski definition) is 4. The molecule has 0 radical (unpaired) electrons. The number of piperazine rings is 1. The Bertz CT molecular complexity index is 571. The van der Waals surface area contributed by atoms with Crippen molar-refractivity contribution in [1.82, 2.24) is 19.8 Å². The molecule has 2 aliphatic rings. The summed E-state index contributed by atoms with van der Waals surface area (Å²) in [6.07, 6.45) is 2.22. The van der Waals surface area contributed by atoms with Crippen LogP contribution in [0.1, 0.15) is 18.5 Å². The molecule has 0 unspecified atom stereocenters. The Morgan fingerprint density at radius 1 is 1.10 bits per heavy atom. The van der Waals surface area contributed by atoms with Crippen LogP contribution in [-0.4, -0.2) is 65.1 Å². The van der Waals surface area contributed by atoms with Crippen LogP contribution in [-0.2, 0) is 0 Å². The molecule has 1 aromatic heterocycles. The molecule has 2 aliphatic heterocycles. The lowest BCUT2D eigenvalue weighted by atomic mass is 10.3. The lowest BCUT2D eigenvalue weighted by Gasteiger charge is -2.36. The second kappa shape index (κ2) is 5.75. The van der Waals surface area contributed by atoms with E-state index in [2.05, 4.69) is 9.97 Å². The molecule has 3 rings (SSSR count). The van der Waals surface area contributed by atoms with Gasteiger partial charge in [0.1, 0.15) is 0 Å². The number of aryl methyl sites for hydroxylation is 1. The van der Waals surface area contributed by atoms with Crippen molar-refractivity contribution >= 4 is 12.0 Å². The highest BCUT2D eigenvalue weighted by molar-refractivity contribution is 5.75. The average Bonchev–Trinajstić information content (AvgIpc) is 3.00. The van der Waals surface area contributed by atoms with Crippen molar-refractivity contribution < 1.29 is 4.79 Å². The van der Waals surface area contributed by atoms with E-state index in [0.717, 1.165) is 25.9 Å². The van der Waals surface area contributed by atoms with E-state index in [9.17, 15) is 9.59 Å². The molecule has 114 valence electrons. The van der Waals surface area contributed by atoms with Crippen molar-refractivity contribution in [1.29, 1.82) is 0 Å². The Labute approximate surface area is 123 Å². The first kappa shape index (κ1) is 13.9. The van der Waals surface area contributed by atoms with Gasteiger partial charge in [0.05, 0.1) is 0 Å². The number of urea groups is 1. The van der Waals surface area contributed by atoms with Gasteiger partial charge >= 0.3 is 6.03 Å². The molecule has 2 amide bonds. The molecular formula is C14H21N5O2. The van der Waals surface area contributed by atoms with Crippen molar-refractivity contribution in [2.45, 2.75) is 19.8 Å². The number of hydrogen-bond donors (Lipinski definition) is 1. The maximum absolute atomic E-state index is 12.3. The third-order valence-corrected chi connectivity index (χ3v) is 4.08. The number of likely N-dealkylation sites (tertiary alicyclic amines) is 1. The van der Waals surface area contributed by atoms with E-state index in [1.165, 1.54) is 6.07 Å². The number of rotatable bonds is 1. The van der Waals surface area contributed by atoms with E-state index in [-0.39, 0.29) is 11.6 Å². The summed E-state index contributed by atoms with van der Waals surface area (Å²) in [6.45, 7) is 6.32. The first-order chi connectivity index (χ1) is 10.1. The quantitative estimate of drug-likeness (QED) is 0.814. The zero-order valence-corrected chi connectivity index (χ0v) is 12.3. The molecule has 0 aliphatic carbocycles. The zero-order chi connectivity index (χ0) is 14.8. The molecular weight excluding hydrogens is 270 g/mol. The molecule has 3 heterocycles. The van der Waals surface area contributed by atoms with Crippen molar-refractivity contribution in [3.63, 3.8) is 0 Å². The smallest absolute Gasteiger partial charge is 0.320 e. The van der Waals surface area contributed by atoms with Crippen LogP contribution in [0.2, 0.25) is 0 Å². The third-order valence-electron chi connectivity index (χ3n) is 4.08. The lowest BCUT2D eigenvalue weighted by Crippen LogP contribution is -2.53. The first-order valence-corrected chi connectivity index (χ1v) is 7.50. The first-order valence-electron chi connectivity index (χ1n) is 7.50. The number of amides is 2. The normalized spacial score (nSPS) is 19.2. The van der Waals surface area contributed by atoms with Gasteiger partial charge < -0.3 is 14.7 Å². The minimum Gasteiger partial charge on any atom is -0.339 e. The summed E-state index contributed by atoms with van der Waals surface area (Å²) in [5.74, 6) is 0.605. The van der Waals surface area contributed by atoms with E-state index in [1.54, 1.807) is 0 Å². The SMILES string of the molecule is Cc1cc(=O)[nH]c(N2CCN(C(=O)N3CCCC3)CC2)n1. The van der Waals surface area contributed by atoms with Crippen molar-refractivity contribution in [2.24, 2.45) is 0 Å². The van der Waals surface area contributed by atoms with Crippen LogP contribution >= 0.6 is 0 Å². The summed E-state index contributed by atoms with van der Waals surface area (Å²) < 4.78 is 0. The fourth-order valence-corrected chi connectivity index (χ4v) is 2.93. The van der Waals surface area contributed by atoms with Gasteiger partial charge in [-0.1, -0.05) is 0 Å². The highest BCUT2D eigenvalue weighted by Gasteiger charge is 2.27. The minimum atomic E-state index is -0.131. The predicted molar refractivity (Wildman–Crippen MR) is 79.6 cm³/mol. The largest absolute Gasteiger partial charge is 0.339 e. The van der Waals surface area contributed by atoms with E-state index in [1.807, 2.05) is 21.6 Å². The molecule has 1 N–H and O–H groups in total. The molecule has 7 heteroatoms. The number of nitrogens with one attached hydrogen (secondary N) is 1. The van der Waals surface area contributed by atoms with Gasteiger partial charge in [0, 0.05) is 51.0 Å². The Balaban J connectivity index is 1.62. The number of aromatic amines is 1. The molecule has 0 bridgehead atoms. The van der Waals surface area contributed by atoms with Crippen molar-refractivity contribution in [2.75, 3.05) is 44.2 Å². The molecule has 21 heavy (non-hydrogen) atoms. The Hall–Kier alpha value is -2.05. The monoisotopic (exact) mass is 291 g/mol. The summed E-state index contributed by atoms with van der Waals surface area (Å²) in [6, 6.07) is 1.63. The van der Waals surface area contributed by atoms with Crippen LogP contribution in [0.15, 0.2) is 10.9 Å². The fraction of sp³-hybridized carbons (Fsp3) is 0.643. The van der Waals surface area contributed by atoms with Gasteiger partial charge in [0.2, 0.25) is 5.95 Å². The molecule has 7 nitrogen and oxygen atoms in total. The van der Waals surface area contributed by atoms with E-state index < -0.39 is 0 Å². The Kier molecular flexibility index (Phi) is 3.81. The minimum absolute atomic E-state index is 0.131. The summed E-state index contributed by atoms with van der Waals surface area (Å²) in [5, 5.41) is 0. The summed E-state index contributed by atoms with van der Waals surface area (Å²) in [7, 11) is 0. The van der Waals surface area contributed by atoms with Crippen molar-refractivity contribution in [3.05, 3.63) is 22.1 Å². The van der Waals surface area contributed by atoms with E-state index in [0.29, 0.717) is 37.8 Å². The van der Waals surface area contributed by atoms with Gasteiger partial charge in [-0.25, -0.2) is 9.78 Å². The van der Waals surface area contributed by atoms with E-state index in [4.69, 9.17) is 0 Å². The van der Waals surface area contributed by atoms with Gasteiger partial charge in [-0.05, 0) is 19.8 Å². The molecule has 0 spiro atoms. The summed E-state index contributed by atoms with van der Waals surface area (Å²) in [4.78, 5) is 36.8. The second-order valence-electron chi connectivity index (χ2n) is 5.66. The van der Waals surface area contributed by atoms with Gasteiger partial charge in [0.15, 0.2) is 0 Å². The molecule has 0 aromatic carbocycles. The number of carbonyl (C=O) groups is 1. The number of aromatic nitrogens is 2. The molecule has 0 saturated carbocycles. The van der Waals surface area contributed by atoms with Crippen LogP contribution in [0.4, 0.5) is 10.7 Å². The van der Waals surface area contributed by atoms with Gasteiger partial charge in [-0.2, -0.15) is 0 Å². The second-order valence-corrected chi connectivity index (χ2v) is 5.66. The standard InChI is InChI=1S/C14H21N5O2/c1-11-10-12(20)16-13(15-11)17-6-8-19(9-7-17)14(21)18-4-2-3-5-18/h10H,2-9H2,1H3,(H,15,16,20). The van der Waals surface area contributed by atoms with E-state index >= 15 is 0 Å². The van der Waals surface area contributed by atoms with Gasteiger partial charge in [-0.15, -0.1) is 0 Å². The van der Waals surface area contributed by atoms with Crippen LogP contribution in [0.5, 0.6) is 0 Å². The Morgan fingerprint density at radius 3 is 2.33 bits per heavy atom. The van der Waals surface area contributed by atoms with Crippen LogP contribution < -0.4 is 10.5 Å². The maximum atomic E-state index is 12.3. The van der Waals surface area contributed by atoms with Crippen LogP contribution in [0.3, 0.4) is 0 Å². The number of nitrogens with zero attached hydrogens (tertiary/aromatic N) is 4. The lowest BCUT2D eigenvalue weighted by molar-refractivity contribution is 0.159. The third kappa shape index (κ3) is 3.01. The van der Waals surface area contributed by atoms with Crippen molar-refractivity contribution in [3.8, 4) is 0 Å². The molecule has 2 saturated heterocycles. The molecule has 2 fully saturated rings. The number of carbonyl (C=O) groups excluding carboxylic acids is 1. The highest BCUT2D eigenvalue weighted by atomic mass is 16.2. The Morgan fingerprint density at radius 2 is 1.71 bits per heavy atom. The summed E-state index contributed by atoms with van der Waals surface area (Å²) in [5.41, 5.74) is 0.581. The number of H-pyrrole nitrogens is 1. The van der Waals surface area contributed by atoms with Gasteiger partial charge in [-0.3, -0.25) is 9.78 Å². The highest BCUT2D eigenvalue weighted by Crippen LogP contribution is 2.14. The van der Waals surface area contributed by atoms with Crippen LogP contribution in [0.25, 0.3) is 0 Å². The fourth-order valence-electron chi connectivity index (χ4n) is 2.93. The molecule has 0 atom stereocenters. The average molecular weight is 291 g/mol. The maximum Gasteiger partial charge on any atom is 0.320 e. The molecule has 1 aromatic rings. The topological polar surface area (TPSA) is 72.5 Å². The van der Waals surface area contributed by atoms with Gasteiger partial charge in [0.25, 0.3) is 5.56 Å². The predicted octanol–water partition coefficient (Wildman–Crippen LogP) is 0.416. The zero-order valence-electron chi connectivity index (χ0n) is 12.3. The summed E-state index contributed by atoms with van der Waals surface area (Å²) >= 11 is 0.